The van der Waals surface area contributed by atoms with E-state index in [9.17, 15) is 29.1 Å². The number of amides is 3. The van der Waals surface area contributed by atoms with E-state index < -0.39 is 66.2 Å². The van der Waals surface area contributed by atoms with Crippen molar-refractivity contribution in [1.82, 2.24) is 15.5 Å². The normalized spacial score (nSPS) is 18.9. The number of thioether (sulfide) groups is 1. The Morgan fingerprint density at radius 2 is 1.77 bits per heavy atom. The number of likely N-dealkylation sites (tertiary alicyclic amines) is 1. The summed E-state index contributed by atoms with van der Waals surface area (Å²) in [4.78, 5) is 61.8. The van der Waals surface area contributed by atoms with Crippen molar-refractivity contribution in [2.75, 3.05) is 18.6 Å². The van der Waals surface area contributed by atoms with Gasteiger partial charge in [-0.05, 0) is 37.2 Å². The Bertz CT molecular complexity index is 688. The molecule has 0 aromatic rings. The minimum Gasteiger partial charge on any atom is -0.481 e. The molecule has 1 saturated heterocycles. The average molecular weight is 461 g/mol. The number of carbonyl (C=O) groups excluding carboxylic acids is 3. The fourth-order valence-corrected chi connectivity index (χ4v) is 3.76. The van der Waals surface area contributed by atoms with Gasteiger partial charge in [0, 0.05) is 6.54 Å². The van der Waals surface area contributed by atoms with Crippen molar-refractivity contribution in [2.24, 2.45) is 11.7 Å². The van der Waals surface area contributed by atoms with Crippen LogP contribution in [0.5, 0.6) is 0 Å². The molecule has 11 nitrogen and oxygen atoms in total. The van der Waals surface area contributed by atoms with Crippen molar-refractivity contribution >= 4 is 41.4 Å². The number of hydrogen-bond acceptors (Lipinski definition) is 7. The molecule has 4 atom stereocenters. The Morgan fingerprint density at radius 1 is 1.13 bits per heavy atom. The Labute approximate surface area is 185 Å². The molecule has 4 unspecified atom stereocenters. The molecule has 0 radical (unpaired) electrons. The fraction of sp³-hybridized carbons (Fsp3) is 0.737. The number of aliphatic carboxylic acids is 2. The monoisotopic (exact) mass is 460 g/mol. The Morgan fingerprint density at radius 3 is 2.29 bits per heavy atom. The van der Waals surface area contributed by atoms with Crippen LogP contribution in [0, 0.1) is 5.92 Å². The Kier molecular flexibility index (Phi) is 10.8. The predicted molar refractivity (Wildman–Crippen MR) is 114 cm³/mol. The Balaban J connectivity index is 2.93. The molecular formula is C19H32N4O7S. The third kappa shape index (κ3) is 8.02. The van der Waals surface area contributed by atoms with Gasteiger partial charge in [-0.1, -0.05) is 13.8 Å². The topological polar surface area (TPSA) is 179 Å². The molecule has 0 bridgehead atoms. The van der Waals surface area contributed by atoms with Gasteiger partial charge < -0.3 is 31.5 Å². The van der Waals surface area contributed by atoms with Crippen molar-refractivity contribution in [3.05, 3.63) is 0 Å². The van der Waals surface area contributed by atoms with Crippen LogP contribution in [0.25, 0.3) is 0 Å². The summed E-state index contributed by atoms with van der Waals surface area (Å²) in [6.45, 7) is 3.62. The molecule has 0 aliphatic carbocycles. The third-order valence-electron chi connectivity index (χ3n) is 5.03. The maximum Gasteiger partial charge on any atom is 0.326 e. The first-order chi connectivity index (χ1) is 14.5. The molecule has 1 aliphatic rings. The summed E-state index contributed by atoms with van der Waals surface area (Å²) in [5.41, 5.74) is 5.79. The van der Waals surface area contributed by atoms with Gasteiger partial charge in [0.1, 0.15) is 18.1 Å². The lowest BCUT2D eigenvalue weighted by Crippen LogP contribution is -2.58. The van der Waals surface area contributed by atoms with Crippen LogP contribution in [0.1, 0.15) is 39.5 Å². The van der Waals surface area contributed by atoms with E-state index in [0.717, 1.165) is 0 Å². The van der Waals surface area contributed by atoms with E-state index in [1.54, 1.807) is 13.8 Å². The van der Waals surface area contributed by atoms with Crippen LogP contribution in [0.2, 0.25) is 0 Å². The lowest BCUT2D eigenvalue weighted by molar-refractivity contribution is -0.150. The first kappa shape index (κ1) is 26.7. The summed E-state index contributed by atoms with van der Waals surface area (Å²) in [6, 6.07) is -4.35. The van der Waals surface area contributed by atoms with Gasteiger partial charge in [0.05, 0.1) is 12.5 Å². The number of nitrogens with one attached hydrogen (secondary N) is 2. The maximum atomic E-state index is 13.0. The van der Waals surface area contributed by atoms with Gasteiger partial charge in [-0.15, -0.1) is 0 Å². The lowest BCUT2D eigenvalue weighted by atomic mass is 10.0. The molecule has 0 aromatic carbocycles. The summed E-state index contributed by atoms with van der Waals surface area (Å²) in [7, 11) is 0. The first-order valence-corrected chi connectivity index (χ1v) is 11.5. The van der Waals surface area contributed by atoms with Crippen molar-refractivity contribution in [3.63, 3.8) is 0 Å². The highest BCUT2D eigenvalue weighted by atomic mass is 32.2. The van der Waals surface area contributed by atoms with Crippen LogP contribution >= 0.6 is 11.8 Å². The first-order valence-electron chi connectivity index (χ1n) is 10.1. The molecule has 176 valence electrons. The molecule has 0 saturated carbocycles. The molecule has 0 aromatic heterocycles. The van der Waals surface area contributed by atoms with Crippen molar-refractivity contribution in [1.29, 1.82) is 0 Å². The SMILES string of the molecule is CSCCC(N)C(=O)NC(CC(=O)O)C(=O)NC(C(=O)N1CCCC1C(=O)O)C(C)C. The zero-order valence-electron chi connectivity index (χ0n) is 18.0. The number of nitrogens with zero attached hydrogens (tertiary/aromatic N) is 1. The number of carbonyl (C=O) groups is 5. The predicted octanol–water partition coefficient (Wildman–Crippen LogP) is -0.757. The van der Waals surface area contributed by atoms with E-state index in [0.29, 0.717) is 25.0 Å². The van der Waals surface area contributed by atoms with E-state index in [1.807, 2.05) is 6.26 Å². The van der Waals surface area contributed by atoms with Gasteiger partial charge in [0.15, 0.2) is 0 Å². The number of carboxylic acids is 2. The number of carboxylic acid groups (broad SMARTS) is 2. The zero-order chi connectivity index (χ0) is 23.7. The van der Waals surface area contributed by atoms with Crippen molar-refractivity contribution in [3.8, 4) is 0 Å². The molecule has 3 amide bonds. The molecule has 12 heteroatoms. The largest absolute Gasteiger partial charge is 0.481 e. The van der Waals surface area contributed by atoms with Crippen molar-refractivity contribution in [2.45, 2.75) is 63.7 Å². The second kappa shape index (κ2) is 12.5. The molecule has 1 fully saturated rings. The molecule has 31 heavy (non-hydrogen) atoms. The van der Waals surface area contributed by atoms with Crippen molar-refractivity contribution < 1.29 is 34.2 Å². The van der Waals surface area contributed by atoms with Gasteiger partial charge in [0.2, 0.25) is 17.7 Å². The molecule has 6 N–H and O–H groups in total. The molecule has 0 spiro atoms. The molecule has 1 heterocycles. The maximum absolute atomic E-state index is 13.0. The standard InChI is InChI=1S/C19H32N4O7S/c1-10(2)15(18(28)23-7-4-5-13(23)19(29)30)22-17(27)12(9-14(24)25)21-16(26)11(20)6-8-31-3/h10-13,15H,4-9,20H2,1-3H3,(H,21,26)(H,22,27)(H,24,25)(H,29,30). The summed E-state index contributed by atoms with van der Waals surface area (Å²) in [5, 5.41) is 23.3. The molecular weight excluding hydrogens is 428 g/mol. The van der Waals surface area contributed by atoms with E-state index in [2.05, 4.69) is 10.6 Å². The lowest BCUT2D eigenvalue weighted by Gasteiger charge is -2.30. The number of nitrogens with two attached hydrogens (primary N) is 1. The summed E-state index contributed by atoms with van der Waals surface area (Å²) < 4.78 is 0. The van der Waals surface area contributed by atoms with Crippen LogP contribution in [0.3, 0.4) is 0 Å². The smallest absolute Gasteiger partial charge is 0.326 e. The fourth-order valence-electron chi connectivity index (χ4n) is 3.27. The summed E-state index contributed by atoms with van der Waals surface area (Å²) in [5.74, 6) is -4.25. The van der Waals surface area contributed by atoms with E-state index in [1.165, 1.54) is 16.7 Å². The van der Waals surface area contributed by atoms with Gasteiger partial charge >= 0.3 is 11.9 Å². The van der Waals surface area contributed by atoms with Crippen LogP contribution in [0.15, 0.2) is 0 Å². The van der Waals surface area contributed by atoms with Crippen LogP contribution in [0.4, 0.5) is 0 Å². The zero-order valence-corrected chi connectivity index (χ0v) is 18.8. The quantitative estimate of drug-likeness (QED) is 0.250. The number of hydrogen-bond donors (Lipinski definition) is 5. The minimum atomic E-state index is -1.42. The number of rotatable bonds is 12. The van der Waals surface area contributed by atoms with E-state index in [-0.39, 0.29) is 6.54 Å². The molecule has 1 aliphatic heterocycles. The van der Waals surface area contributed by atoms with Gasteiger partial charge in [-0.25, -0.2) is 4.79 Å². The van der Waals surface area contributed by atoms with E-state index >= 15 is 0 Å². The average Bonchev–Trinajstić information content (AvgIpc) is 3.18. The van der Waals surface area contributed by atoms with Crippen LogP contribution in [-0.2, 0) is 24.0 Å². The van der Waals surface area contributed by atoms with Gasteiger partial charge in [0.25, 0.3) is 0 Å². The highest BCUT2D eigenvalue weighted by Gasteiger charge is 2.39. The van der Waals surface area contributed by atoms with Gasteiger partial charge in [-0.2, -0.15) is 11.8 Å². The van der Waals surface area contributed by atoms with E-state index in [4.69, 9.17) is 10.8 Å². The van der Waals surface area contributed by atoms with Crippen LogP contribution < -0.4 is 16.4 Å². The van der Waals surface area contributed by atoms with Crippen LogP contribution in [-0.4, -0.2) is 87.5 Å². The minimum absolute atomic E-state index is 0.258. The van der Waals surface area contributed by atoms with Gasteiger partial charge in [-0.3, -0.25) is 19.2 Å². The second-order valence-electron chi connectivity index (χ2n) is 7.81. The highest BCUT2D eigenvalue weighted by Crippen LogP contribution is 2.20. The molecule has 1 rings (SSSR count). The summed E-state index contributed by atoms with van der Waals surface area (Å²) >= 11 is 1.49. The highest BCUT2D eigenvalue weighted by molar-refractivity contribution is 7.98. The third-order valence-corrected chi connectivity index (χ3v) is 5.68. The Hall–Kier alpha value is -2.34. The second-order valence-corrected chi connectivity index (χ2v) is 8.79. The summed E-state index contributed by atoms with van der Waals surface area (Å²) in [6.07, 6.45) is 2.38.